The van der Waals surface area contributed by atoms with Crippen LogP contribution in [-0.2, 0) is 11.3 Å². The molecule has 0 atom stereocenters. The van der Waals surface area contributed by atoms with Gasteiger partial charge in [-0.15, -0.1) is 11.8 Å². The van der Waals surface area contributed by atoms with Crippen molar-refractivity contribution >= 4 is 62.0 Å². The predicted octanol–water partition coefficient (Wildman–Crippen LogP) is 6.31. The Morgan fingerprint density at radius 2 is 2.03 bits per heavy atom. The molecule has 0 aliphatic rings. The van der Waals surface area contributed by atoms with Gasteiger partial charge in [0.1, 0.15) is 0 Å². The van der Waals surface area contributed by atoms with E-state index in [1.165, 1.54) is 11.3 Å². The molecule has 0 fully saturated rings. The highest BCUT2D eigenvalue weighted by Crippen LogP contribution is 2.34. The summed E-state index contributed by atoms with van der Waals surface area (Å²) in [6.45, 7) is 0.383. The maximum atomic E-state index is 13.2. The van der Waals surface area contributed by atoms with Gasteiger partial charge in [-0.3, -0.25) is 14.7 Å². The molecule has 0 bridgehead atoms. The maximum absolute atomic E-state index is 13.2. The first-order valence-electron chi connectivity index (χ1n) is 9.22. The van der Waals surface area contributed by atoms with Crippen molar-refractivity contribution in [2.24, 2.45) is 0 Å². The van der Waals surface area contributed by atoms with Crippen LogP contribution in [-0.4, -0.2) is 22.1 Å². The molecule has 0 aliphatic heterocycles. The van der Waals surface area contributed by atoms with Gasteiger partial charge in [0.05, 0.1) is 16.8 Å². The van der Waals surface area contributed by atoms with Gasteiger partial charge in [-0.1, -0.05) is 53.3 Å². The molecule has 30 heavy (non-hydrogen) atoms. The lowest BCUT2D eigenvalue weighted by atomic mass is 10.2. The molecule has 150 valence electrons. The average Bonchev–Trinajstić information content (AvgIpc) is 3.21. The van der Waals surface area contributed by atoms with E-state index in [1.807, 2.05) is 54.8 Å². The van der Waals surface area contributed by atoms with Crippen LogP contribution in [0.5, 0.6) is 0 Å². The first kappa shape index (κ1) is 20.6. The number of halogens is 1. The van der Waals surface area contributed by atoms with Crippen molar-refractivity contribution < 1.29 is 4.79 Å². The summed E-state index contributed by atoms with van der Waals surface area (Å²) in [7, 11) is 0. The van der Waals surface area contributed by atoms with Crippen LogP contribution in [0.2, 0.25) is 5.02 Å². The van der Waals surface area contributed by atoms with Crippen LogP contribution in [0.25, 0.3) is 16.3 Å². The van der Waals surface area contributed by atoms with Crippen LogP contribution in [0, 0.1) is 0 Å². The quantitative estimate of drug-likeness (QED) is 0.254. The highest BCUT2D eigenvalue weighted by Gasteiger charge is 2.19. The number of thiazole rings is 1. The minimum absolute atomic E-state index is 0.163. The lowest BCUT2D eigenvalue weighted by molar-refractivity contribution is -0.114. The Labute approximate surface area is 188 Å². The van der Waals surface area contributed by atoms with Crippen LogP contribution >= 0.6 is 34.7 Å². The van der Waals surface area contributed by atoms with E-state index in [0.29, 0.717) is 16.7 Å². The van der Waals surface area contributed by atoms with Gasteiger partial charge in [0.25, 0.3) is 5.91 Å². The van der Waals surface area contributed by atoms with Crippen molar-refractivity contribution in [2.45, 2.75) is 11.4 Å². The predicted molar refractivity (Wildman–Crippen MR) is 127 cm³/mol. The van der Waals surface area contributed by atoms with Crippen molar-refractivity contribution in [1.82, 2.24) is 9.97 Å². The summed E-state index contributed by atoms with van der Waals surface area (Å²) in [5.74, 6) is -0.163. The van der Waals surface area contributed by atoms with Crippen LogP contribution in [0.3, 0.4) is 0 Å². The number of amides is 1. The number of nitrogens with zero attached hydrogens (tertiary/aromatic N) is 3. The monoisotopic (exact) mass is 451 g/mol. The van der Waals surface area contributed by atoms with Gasteiger partial charge in [0, 0.05) is 28.4 Å². The van der Waals surface area contributed by atoms with E-state index in [9.17, 15) is 4.79 Å². The van der Waals surface area contributed by atoms with Crippen molar-refractivity contribution in [2.75, 3.05) is 11.2 Å². The number of hydrogen-bond acceptors (Lipinski definition) is 5. The van der Waals surface area contributed by atoms with E-state index in [4.69, 9.17) is 16.6 Å². The van der Waals surface area contributed by atoms with Crippen molar-refractivity contribution in [3.05, 3.63) is 89.2 Å². The second-order valence-corrected chi connectivity index (χ2v) is 8.71. The van der Waals surface area contributed by atoms with Crippen LogP contribution in [0.1, 0.15) is 11.1 Å². The van der Waals surface area contributed by atoms with Gasteiger partial charge in [0.2, 0.25) is 0 Å². The minimum Gasteiger partial charge on any atom is -0.280 e. The van der Waals surface area contributed by atoms with Gasteiger partial charge < -0.3 is 0 Å². The molecule has 0 saturated carbocycles. The number of fused-ring (bicyclic) bond motifs is 1. The third kappa shape index (κ3) is 4.56. The van der Waals surface area contributed by atoms with Gasteiger partial charge in [-0.2, -0.15) is 0 Å². The molecular weight excluding hydrogens is 434 g/mol. The molecule has 0 spiro atoms. The van der Waals surface area contributed by atoms with E-state index in [2.05, 4.69) is 4.98 Å². The first-order chi connectivity index (χ1) is 14.7. The Morgan fingerprint density at radius 3 is 2.80 bits per heavy atom. The Kier molecular flexibility index (Phi) is 6.47. The van der Waals surface area contributed by atoms with E-state index < -0.39 is 0 Å². The normalized spacial score (nSPS) is 11.3. The SMILES string of the molecule is CSc1cccc2sc(N(Cc3cccnc3)C(=O)/C=C/c3ccccc3Cl)nc12. The number of benzene rings is 2. The first-order valence-corrected chi connectivity index (χ1v) is 11.6. The third-order valence-corrected chi connectivity index (χ3v) is 6.62. The summed E-state index contributed by atoms with van der Waals surface area (Å²) >= 11 is 9.38. The molecular formula is C23H18ClN3OS2. The number of anilines is 1. The molecule has 0 radical (unpaired) electrons. The Hall–Kier alpha value is -2.67. The summed E-state index contributed by atoms with van der Waals surface area (Å²) in [5.41, 5.74) is 2.65. The number of rotatable bonds is 6. The largest absolute Gasteiger partial charge is 0.280 e. The Balaban J connectivity index is 1.71. The molecule has 4 nitrogen and oxygen atoms in total. The molecule has 0 saturated heterocycles. The molecule has 0 aliphatic carbocycles. The van der Waals surface area contributed by atoms with E-state index in [1.54, 1.807) is 47.3 Å². The number of thioether (sulfide) groups is 1. The standard InChI is InChI=1S/C23H18ClN3OS2/c1-29-19-9-4-10-20-22(19)26-23(30-20)27(15-16-6-5-13-25-14-16)21(28)12-11-17-7-2-3-8-18(17)24/h2-14H,15H2,1H3/b12-11+. The van der Waals surface area contributed by atoms with Crippen LogP contribution < -0.4 is 4.90 Å². The maximum Gasteiger partial charge on any atom is 0.253 e. The van der Waals surface area contributed by atoms with Crippen molar-refractivity contribution in [3.8, 4) is 0 Å². The fraction of sp³-hybridized carbons (Fsp3) is 0.0870. The van der Waals surface area contributed by atoms with Crippen LogP contribution in [0.15, 0.2) is 78.0 Å². The van der Waals surface area contributed by atoms with Gasteiger partial charge >= 0.3 is 0 Å². The zero-order chi connectivity index (χ0) is 20.9. The summed E-state index contributed by atoms with van der Waals surface area (Å²) in [6, 6.07) is 17.3. The summed E-state index contributed by atoms with van der Waals surface area (Å²) in [6.07, 6.45) is 8.79. The van der Waals surface area contributed by atoms with Gasteiger partial charge in [0.15, 0.2) is 5.13 Å². The Bertz CT molecular complexity index is 1210. The molecule has 2 aromatic carbocycles. The fourth-order valence-corrected chi connectivity index (χ4v) is 4.79. The number of pyridine rings is 1. The molecule has 0 N–H and O–H groups in total. The molecule has 2 aromatic heterocycles. The highest BCUT2D eigenvalue weighted by atomic mass is 35.5. The van der Waals surface area contributed by atoms with E-state index >= 15 is 0 Å². The number of para-hydroxylation sites is 1. The average molecular weight is 452 g/mol. The number of hydrogen-bond donors (Lipinski definition) is 0. The second kappa shape index (κ2) is 9.43. The minimum atomic E-state index is -0.163. The van der Waals surface area contributed by atoms with Gasteiger partial charge in [-0.25, -0.2) is 4.98 Å². The highest BCUT2D eigenvalue weighted by molar-refractivity contribution is 7.98. The number of carbonyl (C=O) groups excluding carboxylic acids is 1. The zero-order valence-corrected chi connectivity index (χ0v) is 18.5. The van der Waals surface area contributed by atoms with Crippen LogP contribution in [0.4, 0.5) is 5.13 Å². The topological polar surface area (TPSA) is 46.1 Å². The van der Waals surface area contributed by atoms with E-state index in [0.717, 1.165) is 26.2 Å². The zero-order valence-electron chi connectivity index (χ0n) is 16.2. The fourth-order valence-electron chi connectivity index (χ4n) is 2.97. The second-order valence-electron chi connectivity index (χ2n) is 6.44. The Morgan fingerprint density at radius 1 is 1.17 bits per heavy atom. The third-order valence-electron chi connectivity index (χ3n) is 4.46. The lowest BCUT2D eigenvalue weighted by Gasteiger charge is -2.18. The lowest BCUT2D eigenvalue weighted by Crippen LogP contribution is -2.28. The summed E-state index contributed by atoms with van der Waals surface area (Å²) < 4.78 is 1.05. The molecule has 1 amide bonds. The molecule has 2 heterocycles. The number of aromatic nitrogens is 2. The number of carbonyl (C=O) groups is 1. The summed E-state index contributed by atoms with van der Waals surface area (Å²) in [5, 5.41) is 1.26. The summed E-state index contributed by atoms with van der Waals surface area (Å²) in [4.78, 5) is 24.9. The molecule has 0 unspecified atom stereocenters. The van der Waals surface area contributed by atoms with Gasteiger partial charge in [-0.05, 0) is 47.7 Å². The molecule has 7 heteroatoms. The van der Waals surface area contributed by atoms with Crippen molar-refractivity contribution in [1.29, 1.82) is 0 Å². The van der Waals surface area contributed by atoms with E-state index in [-0.39, 0.29) is 5.91 Å². The molecule has 4 rings (SSSR count). The smallest absolute Gasteiger partial charge is 0.253 e. The van der Waals surface area contributed by atoms with Crippen molar-refractivity contribution in [3.63, 3.8) is 0 Å². The molecule has 4 aromatic rings.